The minimum absolute atomic E-state index is 0.185. The number of benzene rings is 2. The normalized spacial score (nSPS) is 17.0. The molecule has 0 radical (unpaired) electrons. The smallest absolute Gasteiger partial charge is 0.127 e. The van der Waals surface area contributed by atoms with Gasteiger partial charge in [-0.05, 0) is 47.5 Å². The Morgan fingerprint density at radius 2 is 1.92 bits per heavy atom. The zero-order valence-electron chi connectivity index (χ0n) is 13.4. The van der Waals surface area contributed by atoms with Crippen molar-refractivity contribution in [2.24, 2.45) is 5.73 Å². The highest BCUT2D eigenvalue weighted by molar-refractivity contribution is 5.42. The molecule has 0 amide bonds. The van der Waals surface area contributed by atoms with Gasteiger partial charge in [0.25, 0.3) is 0 Å². The fourth-order valence-corrected chi connectivity index (χ4v) is 3.29. The summed E-state index contributed by atoms with van der Waals surface area (Å²) in [6.07, 6.45) is 1.71. The molecule has 2 N–H and O–H groups in total. The van der Waals surface area contributed by atoms with Crippen LogP contribution in [0.2, 0.25) is 0 Å². The highest BCUT2D eigenvalue weighted by Crippen LogP contribution is 2.37. The summed E-state index contributed by atoms with van der Waals surface area (Å²) < 4.78 is 11.4. The molecule has 4 rings (SSSR count). The lowest BCUT2D eigenvalue weighted by atomic mass is 10.0. The summed E-state index contributed by atoms with van der Waals surface area (Å²) in [5.74, 6) is 2.65. The average Bonchev–Trinajstić information content (AvgIpc) is 3.23. The minimum Gasteiger partial charge on any atom is -0.468 e. The first-order chi connectivity index (χ1) is 11.8. The van der Waals surface area contributed by atoms with Gasteiger partial charge < -0.3 is 14.9 Å². The average molecular weight is 320 g/mol. The van der Waals surface area contributed by atoms with Gasteiger partial charge in [-0.1, -0.05) is 24.3 Å². The van der Waals surface area contributed by atoms with Crippen LogP contribution >= 0.6 is 0 Å². The van der Waals surface area contributed by atoms with Crippen molar-refractivity contribution in [2.45, 2.75) is 19.1 Å². The molecule has 0 spiro atoms. The van der Waals surface area contributed by atoms with Crippen LogP contribution in [0.4, 0.5) is 0 Å². The molecule has 1 atom stereocenters. The van der Waals surface area contributed by atoms with Crippen LogP contribution in [0, 0.1) is 0 Å². The maximum absolute atomic E-state index is 6.06. The van der Waals surface area contributed by atoms with Crippen molar-refractivity contribution < 1.29 is 9.15 Å². The first-order valence-corrected chi connectivity index (χ1v) is 8.16. The number of hydrogen-bond acceptors (Lipinski definition) is 4. The van der Waals surface area contributed by atoms with Crippen molar-refractivity contribution >= 4 is 0 Å². The summed E-state index contributed by atoms with van der Waals surface area (Å²) in [4.78, 5) is 2.34. The highest BCUT2D eigenvalue weighted by Gasteiger charge is 2.30. The van der Waals surface area contributed by atoms with Gasteiger partial charge in [0.2, 0.25) is 0 Å². The molecule has 4 nitrogen and oxygen atoms in total. The fourth-order valence-electron chi connectivity index (χ4n) is 3.29. The predicted molar refractivity (Wildman–Crippen MR) is 92.7 cm³/mol. The van der Waals surface area contributed by atoms with E-state index >= 15 is 0 Å². The Hall–Kier alpha value is -2.56. The maximum Gasteiger partial charge on any atom is 0.127 e. The molecule has 2 heterocycles. The van der Waals surface area contributed by atoms with Crippen molar-refractivity contribution in [3.8, 4) is 11.5 Å². The van der Waals surface area contributed by atoms with Crippen molar-refractivity contribution in [2.75, 3.05) is 6.54 Å². The molecule has 1 unspecified atom stereocenters. The minimum atomic E-state index is 0.185. The molecule has 1 aliphatic heterocycles. The number of hydrogen-bond donors (Lipinski definition) is 1. The van der Waals surface area contributed by atoms with E-state index in [2.05, 4.69) is 17.0 Å². The van der Waals surface area contributed by atoms with Gasteiger partial charge >= 0.3 is 0 Å². The lowest BCUT2D eigenvalue weighted by Crippen LogP contribution is -2.27. The summed E-state index contributed by atoms with van der Waals surface area (Å²) in [6.45, 7) is 2.21. The van der Waals surface area contributed by atoms with Crippen LogP contribution in [0.3, 0.4) is 0 Å². The lowest BCUT2D eigenvalue weighted by Gasteiger charge is -2.22. The van der Waals surface area contributed by atoms with Gasteiger partial charge in [-0.15, -0.1) is 0 Å². The van der Waals surface area contributed by atoms with Gasteiger partial charge in [0, 0.05) is 19.1 Å². The third kappa shape index (κ3) is 2.94. The first-order valence-electron chi connectivity index (χ1n) is 8.16. The molecule has 0 saturated heterocycles. The van der Waals surface area contributed by atoms with Crippen LogP contribution in [0.5, 0.6) is 11.5 Å². The Morgan fingerprint density at radius 3 is 2.67 bits per heavy atom. The van der Waals surface area contributed by atoms with Crippen molar-refractivity contribution in [3.63, 3.8) is 0 Å². The Balaban J connectivity index is 1.56. The quantitative estimate of drug-likeness (QED) is 0.769. The van der Waals surface area contributed by atoms with Gasteiger partial charge in [-0.25, -0.2) is 0 Å². The number of nitrogens with two attached hydrogens (primary N) is 1. The van der Waals surface area contributed by atoms with Crippen molar-refractivity contribution in [3.05, 3.63) is 83.8 Å². The number of fused-ring (bicyclic) bond motifs is 1. The van der Waals surface area contributed by atoms with E-state index in [4.69, 9.17) is 14.9 Å². The van der Waals surface area contributed by atoms with Gasteiger partial charge in [0.15, 0.2) is 0 Å². The van der Waals surface area contributed by atoms with E-state index in [9.17, 15) is 0 Å². The molecule has 0 aliphatic carbocycles. The molecule has 24 heavy (non-hydrogen) atoms. The second-order valence-corrected chi connectivity index (χ2v) is 6.01. The van der Waals surface area contributed by atoms with Crippen LogP contribution < -0.4 is 10.5 Å². The molecular formula is C20H20N2O2. The topological polar surface area (TPSA) is 51.6 Å². The van der Waals surface area contributed by atoms with Gasteiger partial charge in [0.1, 0.15) is 17.3 Å². The lowest BCUT2D eigenvalue weighted by molar-refractivity contribution is 0.194. The molecule has 0 saturated carbocycles. The standard InChI is InChI=1S/C20H20N2O2/c21-12-20-19-11-17(24-16-5-2-1-3-6-16)9-8-15(19)13-22(20)14-18-7-4-10-23-18/h1-11,20H,12-14,21H2. The highest BCUT2D eigenvalue weighted by atomic mass is 16.5. The largest absolute Gasteiger partial charge is 0.468 e. The fraction of sp³-hybridized carbons (Fsp3) is 0.200. The van der Waals surface area contributed by atoms with Crippen LogP contribution in [0.15, 0.2) is 71.3 Å². The Bertz CT molecular complexity index is 800. The van der Waals surface area contributed by atoms with E-state index in [1.807, 2.05) is 48.5 Å². The van der Waals surface area contributed by atoms with E-state index in [1.54, 1.807) is 6.26 Å². The van der Waals surface area contributed by atoms with Gasteiger partial charge in [-0.2, -0.15) is 0 Å². The molecule has 0 bridgehead atoms. The zero-order chi connectivity index (χ0) is 16.4. The summed E-state index contributed by atoms with van der Waals surface area (Å²) in [5, 5.41) is 0. The summed E-state index contributed by atoms with van der Waals surface area (Å²) in [7, 11) is 0. The third-order valence-corrected chi connectivity index (χ3v) is 4.43. The predicted octanol–water partition coefficient (Wildman–Crippen LogP) is 4.09. The van der Waals surface area contributed by atoms with Gasteiger partial charge in [-0.3, -0.25) is 4.90 Å². The van der Waals surface area contributed by atoms with E-state index in [0.717, 1.165) is 30.3 Å². The molecule has 1 aliphatic rings. The summed E-state index contributed by atoms with van der Waals surface area (Å²) in [5.41, 5.74) is 8.61. The van der Waals surface area contributed by atoms with E-state index < -0.39 is 0 Å². The molecule has 122 valence electrons. The van der Waals surface area contributed by atoms with Crippen LogP contribution in [-0.2, 0) is 13.1 Å². The summed E-state index contributed by atoms with van der Waals surface area (Å²) in [6, 6.07) is 20.2. The Labute approximate surface area is 141 Å². The monoisotopic (exact) mass is 320 g/mol. The molecule has 2 aromatic carbocycles. The first kappa shape index (κ1) is 15.0. The number of ether oxygens (including phenoxy) is 1. The van der Waals surface area contributed by atoms with Crippen LogP contribution in [-0.4, -0.2) is 11.4 Å². The molecular weight excluding hydrogens is 300 g/mol. The second kappa shape index (κ2) is 6.51. The molecule has 0 fully saturated rings. The van der Waals surface area contributed by atoms with E-state index in [1.165, 1.54) is 11.1 Å². The molecule has 4 heteroatoms. The summed E-state index contributed by atoms with van der Waals surface area (Å²) >= 11 is 0. The van der Waals surface area contributed by atoms with Crippen molar-refractivity contribution in [1.29, 1.82) is 0 Å². The number of nitrogens with zero attached hydrogens (tertiary/aromatic N) is 1. The molecule has 1 aromatic heterocycles. The SMILES string of the molecule is NCC1c2cc(Oc3ccccc3)ccc2CN1Cc1ccco1. The number of furan rings is 1. The van der Waals surface area contributed by atoms with Crippen LogP contribution in [0.1, 0.15) is 22.9 Å². The number of rotatable bonds is 5. The van der Waals surface area contributed by atoms with Gasteiger partial charge in [0.05, 0.1) is 12.8 Å². The number of para-hydroxylation sites is 1. The van der Waals surface area contributed by atoms with E-state index in [0.29, 0.717) is 6.54 Å². The Kier molecular flexibility index (Phi) is 4.07. The zero-order valence-corrected chi connectivity index (χ0v) is 13.4. The maximum atomic E-state index is 6.06. The second-order valence-electron chi connectivity index (χ2n) is 6.01. The van der Waals surface area contributed by atoms with Crippen LogP contribution in [0.25, 0.3) is 0 Å². The van der Waals surface area contributed by atoms with E-state index in [-0.39, 0.29) is 6.04 Å². The van der Waals surface area contributed by atoms with Crippen molar-refractivity contribution in [1.82, 2.24) is 4.90 Å². The molecule has 3 aromatic rings. The Morgan fingerprint density at radius 1 is 1.04 bits per heavy atom. The third-order valence-electron chi connectivity index (χ3n) is 4.43.